The predicted molar refractivity (Wildman–Crippen MR) is 106 cm³/mol. The van der Waals surface area contributed by atoms with Crippen molar-refractivity contribution in [3.05, 3.63) is 48.5 Å². The zero-order valence-electron chi connectivity index (χ0n) is 15.2. The Balaban J connectivity index is 2.08. The van der Waals surface area contributed by atoms with Crippen molar-refractivity contribution in [2.45, 2.75) is 27.7 Å². The third-order valence-electron chi connectivity index (χ3n) is 4.80. The van der Waals surface area contributed by atoms with Gasteiger partial charge in [-0.2, -0.15) is 0 Å². The van der Waals surface area contributed by atoms with Crippen molar-refractivity contribution in [3.63, 3.8) is 0 Å². The number of rotatable bonds is 6. The third kappa shape index (κ3) is 3.06. The van der Waals surface area contributed by atoms with Crippen LogP contribution < -0.4 is 9.80 Å². The molecular formula is C22H26N2. The first-order chi connectivity index (χ1) is 11.7. The summed E-state index contributed by atoms with van der Waals surface area (Å²) >= 11 is 0. The summed E-state index contributed by atoms with van der Waals surface area (Å²) in [7, 11) is 0. The van der Waals surface area contributed by atoms with Gasteiger partial charge in [0.15, 0.2) is 0 Å². The van der Waals surface area contributed by atoms with Crippen LogP contribution in [0.5, 0.6) is 0 Å². The molecule has 0 unspecified atom stereocenters. The zero-order valence-corrected chi connectivity index (χ0v) is 15.2. The molecule has 0 aliphatic carbocycles. The summed E-state index contributed by atoms with van der Waals surface area (Å²) < 4.78 is 0. The van der Waals surface area contributed by atoms with Gasteiger partial charge in [-0.15, -0.1) is 0 Å². The molecule has 0 saturated carbocycles. The first-order valence-electron chi connectivity index (χ1n) is 9.02. The average Bonchev–Trinajstić information content (AvgIpc) is 2.62. The largest absolute Gasteiger partial charge is 0.372 e. The van der Waals surface area contributed by atoms with E-state index in [9.17, 15) is 0 Å². The SMILES string of the molecule is CCN(CC)c1ccc2[c]c3cc(N(CC)CC)ccc3[c]c2c1. The summed E-state index contributed by atoms with van der Waals surface area (Å²) in [5.74, 6) is 0. The van der Waals surface area contributed by atoms with E-state index >= 15 is 0 Å². The Morgan fingerprint density at radius 2 is 0.958 bits per heavy atom. The molecule has 0 aliphatic rings. The van der Waals surface area contributed by atoms with Crippen molar-refractivity contribution in [3.8, 4) is 0 Å². The van der Waals surface area contributed by atoms with Gasteiger partial charge in [0.05, 0.1) is 0 Å². The van der Waals surface area contributed by atoms with Gasteiger partial charge in [0.1, 0.15) is 0 Å². The molecule has 0 spiro atoms. The fourth-order valence-corrected chi connectivity index (χ4v) is 3.35. The van der Waals surface area contributed by atoms with Crippen molar-refractivity contribution < 1.29 is 0 Å². The Morgan fingerprint density at radius 3 is 1.29 bits per heavy atom. The molecule has 24 heavy (non-hydrogen) atoms. The smallest absolute Gasteiger partial charge is 0.0372 e. The van der Waals surface area contributed by atoms with Crippen molar-refractivity contribution in [2.24, 2.45) is 0 Å². The highest BCUT2D eigenvalue weighted by Gasteiger charge is 2.07. The van der Waals surface area contributed by atoms with E-state index in [2.05, 4.69) is 86.0 Å². The standard InChI is InChI=1S/C22H26N2/c1-5-23(6-2)21-11-9-17-14-20-16-22(24(7-3)8-4)12-10-18(20)13-19(17)15-21/h9-12,15-16H,5-8H2,1-4H3. The highest BCUT2D eigenvalue weighted by atomic mass is 15.1. The van der Waals surface area contributed by atoms with Gasteiger partial charge in [-0.25, -0.2) is 0 Å². The van der Waals surface area contributed by atoms with E-state index in [1.54, 1.807) is 0 Å². The molecule has 0 aliphatic heterocycles. The highest BCUT2D eigenvalue weighted by molar-refractivity contribution is 5.99. The second kappa shape index (κ2) is 7.12. The summed E-state index contributed by atoms with van der Waals surface area (Å²) in [6.07, 6.45) is 0. The van der Waals surface area contributed by atoms with Crippen molar-refractivity contribution >= 4 is 32.9 Å². The summed E-state index contributed by atoms with van der Waals surface area (Å²) in [6.45, 7) is 12.9. The topological polar surface area (TPSA) is 6.48 Å². The quantitative estimate of drug-likeness (QED) is 0.570. The zero-order chi connectivity index (χ0) is 17.1. The van der Waals surface area contributed by atoms with Crippen LogP contribution in [0.25, 0.3) is 21.5 Å². The molecule has 0 saturated heterocycles. The van der Waals surface area contributed by atoms with Crippen LogP contribution in [0.3, 0.4) is 0 Å². The van der Waals surface area contributed by atoms with E-state index in [1.165, 1.54) is 11.4 Å². The van der Waals surface area contributed by atoms with Crippen LogP contribution in [0.4, 0.5) is 11.4 Å². The fraction of sp³-hybridized carbons (Fsp3) is 0.364. The monoisotopic (exact) mass is 318 g/mol. The molecule has 0 bridgehead atoms. The molecule has 3 aromatic carbocycles. The molecule has 0 fully saturated rings. The molecule has 0 aromatic heterocycles. The Morgan fingerprint density at radius 1 is 0.583 bits per heavy atom. The van der Waals surface area contributed by atoms with Crippen LogP contribution in [0.1, 0.15) is 27.7 Å². The van der Waals surface area contributed by atoms with E-state index in [1.807, 2.05) is 0 Å². The number of hydrogen-bond donors (Lipinski definition) is 0. The van der Waals surface area contributed by atoms with Gasteiger partial charge >= 0.3 is 0 Å². The van der Waals surface area contributed by atoms with Gasteiger partial charge < -0.3 is 9.80 Å². The van der Waals surface area contributed by atoms with Crippen LogP contribution in [-0.4, -0.2) is 26.2 Å². The molecule has 0 atom stereocenters. The molecular weight excluding hydrogens is 292 g/mol. The van der Waals surface area contributed by atoms with E-state index in [0.717, 1.165) is 47.7 Å². The number of fused-ring (bicyclic) bond motifs is 2. The van der Waals surface area contributed by atoms with Crippen molar-refractivity contribution in [1.29, 1.82) is 0 Å². The molecule has 0 amide bonds. The molecule has 0 N–H and O–H groups in total. The highest BCUT2D eigenvalue weighted by Crippen LogP contribution is 2.28. The van der Waals surface area contributed by atoms with Gasteiger partial charge in [0.25, 0.3) is 0 Å². The van der Waals surface area contributed by atoms with E-state index in [0.29, 0.717) is 0 Å². The van der Waals surface area contributed by atoms with Gasteiger partial charge in [-0.3, -0.25) is 0 Å². The van der Waals surface area contributed by atoms with E-state index < -0.39 is 0 Å². The predicted octanol–water partition coefficient (Wildman–Crippen LogP) is 5.29. The Hall–Kier alpha value is -2.22. The maximum Gasteiger partial charge on any atom is 0.0372 e. The molecule has 2 radical (unpaired) electrons. The third-order valence-corrected chi connectivity index (χ3v) is 4.80. The number of nitrogens with zero attached hydrogens (tertiary/aromatic N) is 2. The number of anilines is 2. The van der Waals surface area contributed by atoms with Crippen LogP contribution >= 0.6 is 0 Å². The van der Waals surface area contributed by atoms with Crippen LogP contribution in [0, 0.1) is 12.1 Å². The maximum atomic E-state index is 3.58. The minimum atomic E-state index is 1.02. The number of hydrogen-bond acceptors (Lipinski definition) is 2. The van der Waals surface area contributed by atoms with Crippen LogP contribution in [0.2, 0.25) is 0 Å². The summed E-state index contributed by atoms with van der Waals surface area (Å²) in [4.78, 5) is 4.72. The average molecular weight is 318 g/mol. The van der Waals surface area contributed by atoms with Crippen molar-refractivity contribution in [1.82, 2.24) is 0 Å². The minimum Gasteiger partial charge on any atom is -0.372 e. The van der Waals surface area contributed by atoms with Gasteiger partial charge in [-0.05, 0) is 85.6 Å². The number of benzene rings is 3. The second-order valence-electron chi connectivity index (χ2n) is 6.05. The lowest BCUT2D eigenvalue weighted by Crippen LogP contribution is -2.21. The minimum absolute atomic E-state index is 1.02. The molecule has 3 aromatic rings. The second-order valence-corrected chi connectivity index (χ2v) is 6.05. The first-order valence-corrected chi connectivity index (χ1v) is 9.02. The van der Waals surface area contributed by atoms with E-state index in [-0.39, 0.29) is 0 Å². The lowest BCUT2D eigenvalue weighted by molar-refractivity contribution is 0.867. The summed E-state index contributed by atoms with van der Waals surface area (Å²) in [6, 6.07) is 20.3. The molecule has 2 nitrogen and oxygen atoms in total. The van der Waals surface area contributed by atoms with Crippen LogP contribution in [-0.2, 0) is 0 Å². The normalized spacial score (nSPS) is 11.2. The van der Waals surface area contributed by atoms with Crippen LogP contribution in [0.15, 0.2) is 36.4 Å². The Bertz CT molecular complexity index is 758. The van der Waals surface area contributed by atoms with Gasteiger partial charge in [-0.1, -0.05) is 12.1 Å². The maximum absolute atomic E-state index is 3.58. The summed E-state index contributed by atoms with van der Waals surface area (Å²) in [5.41, 5.74) is 2.52. The molecule has 124 valence electrons. The molecule has 0 heterocycles. The first kappa shape index (κ1) is 16.6. The van der Waals surface area contributed by atoms with Gasteiger partial charge in [0.2, 0.25) is 0 Å². The lowest BCUT2D eigenvalue weighted by atomic mass is 10.0. The lowest BCUT2D eigenvalue weighted by Gasteiger charge is -2.22. The molecule has 3 rings (SSSR count). The summed E-state index contributed by atoms with van der Waals surface area (Å²) in [5, 5.41) is 4.55. The molecule has 2 heteroatoms. The Kier molecular flexibility index (Phi) is 4.94. The Labute approximate surface area is 145 Å². The van der Waals surface area contributed by atoms with E-state index in [4.69, 9.17) is 0 Å². The fourth-order valence-electron chi connectivity index (χ4n) is 3.35. The van der Waals surface area contributed by atoms with Crippen molar-refractivity contribution in [2.75, 3.05) is 36.0 Å². The van der Waals surface area contributed by atoms with Gasteiger partial charge in [0, 0.05) is 37.6 Å².